The summed E-state index contributed by atoms with van der Waals surface area (Å²) in [5.41, 5.74) is 0. The molecule has 0 fully saturated rings. The molecule has 3 nitrogen and oxygen atoms in total. The number of aromatic nitrogens is 1. The SMILES string of the molecule is C/C=C\Oc1cccnc1O/C=C\C. The van der Waals surface area contributed by atoms with E-state index in [1.165, 1.54) is 0 Å². The van der Waals surface area contributed by atoms with E-state index in [0.717, 1.165) is 0 Å². The van der Waals surface area contributed by atoms with E-state index >= 15 is 0 Å². The summed E-state index contributed by atoms with van der Waals surface area (Å²) in [6.45, 7) is 3.75. The van der Waals surface area contributed by atoms with Crippen molar-refractivity contribution >= 4 is 0 Å². The van der Waals surface area contributed by atoms with Crippen molar-refractivity contribution in [2.45, 2.75) is 13.8 Å². The first kappa shape index (κ1) is 10.3. The third kappa shape index (κ3) is 2.94. The number of hydrogen-bond donors (Lipinski definition) is 0. The number of rotatable bonds is 4. The van der Waals surface area contributed by atoms with Crippen LogP contribution in [-0.4, -0.2) is 4.98 Å². The van der Waals surface area contributed by atoms with Gasteiger partial charge in [-0.15, -0.1) is 0 Å². The van der Waals surface area contributed by atoms with Gasteiger partial charge in [-0.05, 0) is 26.0 Å². The van der Waals surface area contributed by atoms with Crippen LogP contribution in [0.4, 0.5) is 0 Å². The lowest BCUT2D eigenvalue weighted by molar-refractivity contribution is 0.402. The predicted octanol–water partition coefficient (Wildman–Crippen LogP) is 2.91. The second-order valence-corrected chi connectivity index (χ2v) is 2.48. The van der Waals surface area contributed by atoms with Crippen LogP contribution in [-0.2, 0) is 0 Å². The average Bonchev–Trinajstić information content (AvgIpc) is 2.24. The van der Waals surface area contributed by atoms with Crippen LogP contribution >= 0.6 is 0 Å². The molecule has 74 valence electrons. The Bertz CT molecular complexity index is 299. The molecule has 0 N–H and O–H groups in total. The smallest absolute Gasteiger partial charge is 0.262 e. The monoisotopic (exact) mass is 191 g/mol. The molecule has 14 heavy (non-hydrogen) atoms. The lowest BCUT2D eigenvalue weighted by Crippen LogP contribution is -1.90. The number of pyridine rings is 1. The first-order valence-electron chi connectivity index (χ1n) is 4.39. The minimum absolute atomic E-state index is 0.462. The topological polar surface area (TPSA) is 31.4 Å². The third-order valence-corrected chi connectivity index (χ3v) is 1.38. The van der Waals surface area contributed by atoms with Crippen LogP contribution in [0, 0.1) is 0 Å². The van der Waals surface area contributed by atoms with Gasteiger partial charge in [0.25, 0.3) is 5.88 Å². The fraction of sp³-hybridized carbons (Fsp3) is 0.182. The molecule has 0 aliphatic heterocycles. The summed E-state index contributed by atoms with van der Waals surface area (Å²) in [5, 5.41) is 0. The molecule has 3 heteroatoms. The Hall–Kier alpha value is -1.77. The van der Waals surface area contributed by atoms with Crippen LogP contribution in [0.2, 0.25) is 0 Å². The summed E-state index contributed by atoms with van der Waals surface area (Å²) in [6.07, 6.45) is 8.38. The summed E-state index contributed by atoms with van der Waals surface area (Å²) >= 11 is 0. The van der Waals surface area contributed by atoms with E-state index in [1.807, 2.05) is 13.8 Å². The number of allylic oxidation sites excluding steroid dienone is 2. The number of nitrogens with zero attached hydrogens (tertiary/aromatic N) is 1. The van der Waals surface area contributed by atoms with Gasteiger partial charge in [0, 0.05) is 6.20 Å². The minimum atomic E-state index is 0.462. The largest absolute Gasteiger partial charge is 0.460 e. The normalized spacial score (nSPS) is 11.0. The van der Waals surface area contributed by atoms with Crippen molar-refractivity contribution in [1.82, 2.24) is 4.98 Å². The molecule has 1 rings (SSSR count). The molecule has 0 aliphatic rings. The zero-order valence-electron chi connectivity index (χ0n) is 8.31. The molecular formula is C11H13NO2. The second kappa shape index (κ2) is 5.80. The molecule has 1 aromatic rings. The van der Waals surface area contributed by atoms with Gasteiger partial charge in [-0.3, -0.25) is 0 Å². The molecule has 0 amide bonds. The van der Waals surface area contributed by atoms with E-state index in [-0.39, 0.29) is 0 Å². The summed E-state index contributed by atoms with van der Waals surface area (Å²) in [6, 6.07) is 3.59. The molecule has 0 radical (unpaired) electrons. The maximum absolute atomic E-state index is 5.28. The quantitative estimate of drug-likeness (QED) is 0.686. The van der Waals surface area contributed by atoms with E-state index in [2.05, 4.69) is 4.98 Å². The lowest BCUT2D eigenvalue weighted by Gasteiger charge is -2.04. The second-order valence-electron chi connectivity index (χ2n) is 2.48. The van der Waals surface area contributed by atoms with Crippen molar-refractivity contribution in [3.63, 3.8) is 0 Å². The first-order chi connectivity index (χ1) is 6.88. The van der Waals surface area contributed by atoms with E-state index in [1.54, 1.807) is 43.0 Å². The zero-order valence-corrected chi connectivity index (χ0v) is 8.31. The van der Waals surface area contributed by atoms with Crippen molar-refractivity contribution < 1.29 is 9.47 Å². The highest BCUT2D eigenvalue weighted by atomic mass is 16.5. The van der Waals surface area contributed by atoms with E-state index < -0.39 is 0 Å². The molecule has 0 unspecified atom stereocenters. The molecule has 0 saturated heterocycles. The van der Waals surface area contributed by atoms with Gasteiger partial charge in [0.15, 0.2) is 5.75 Å². The summed E-state index contributed by atoms with van der Waals surface area (Å²) in [5.74, 6) is 1.06. The highest BCUT2D eigenvalue weighted by Crippen LogP contribution is 2.23. The maximum Gasteiger partial charge on any atom is 0.262 e. The summed E-state index contributed by atoms with van der Waals surface area (Å²) in [7, 11) is 0. The Labute approximate surface area is 83.7 Å². The van der Waals surface area contributed by atoms with Crippen LogP contribution in [0.5, 0.6) is 11.6 Å². The van der Waals surface area contributed by atoms with Crippen molar-refractivity contribution in [2.24, 2.45) is 0 Å². The van der Waals surface area contributed by atoms with Crippen LogP contribution in [0.15, 0.2) is 43.0 Å². The van der Waals surface area contributed by atoms with E-state index in [0.29, 0.717) is 11.6 Å². The fourth-order valence-electron chi connectivity index (χ4n) is 0.828. The Morgan fingerprint density at radius 3 is 2.57 bits per heavy atom. The Balaban J connectivity index is 2.79. The lowest BCUT2D eigenvalue weighted by atomic mass is 10.4. The molecule has 1 heterocycles. The van der Waals surface area contributed by atoms with Gasteiger partial charge < -0.3 is 9.47 Å². The van der Waals surface area contributed by atoms with Crippen LogP contribution in [0.3, 0.4) is 0 Å². The van der Waals surface area contributed by atoms with Crippen molar-refractivity contribution in [1.29, 1.82) is 0 Å². The summed E-state index contributed by atoms with van der Waals surface area (Å²) in [4.78, 5) is 4.04. The Morgan fingerprint density at radius 1 is 1.14 bits per heavy atom. The molecule has 0 spiro atoms. The van der Waals surface area contributed by atoms with Crippen molar-refractivity contribution in [3.8, 4) is 11.6 Å². The highest BCUT2D eigenvalue weighted by molar-refractivity contribution is 5.33. The Kier molecular flexibility index (Phi) is 4.27. The molecule has 0 saturated carbocycles. The van der Waals surface area contributed by atoms with Gasteiger partial charge in [0.05, 0.1) is 12.5 Å². The van der Waals surface area contributed by atoms with Gasteiger partial charge in [-0.1, -0.05) is 12.2 Å². The van der Waals surface area contributed by atoms with Crippen LogP contribution < -0.4 is 9.47 Å². The van der Waals surface area contributed by atoms with Crippen molar-refractivity contribution in [2.75, 3.05) is 0 Å². The molecular weight excluding hydrogens is 178 g/mol. The van der Waals surface area contributed by atoms with Gasteiger partial charge >= 0.3 is 0 Å². The van der Waals surface area contributed by atoms with Crippen molar-refractivity contribution in [3.05, 3.63) is 43.0 Å². The molecule has 0 bridgehead atoms. The van der Waals surface area contributed by atoms with Gasteiger partial charge in [0.1, 0.15) is 0 Å². The minimum Gasteiger partial charge on any atom is -0.460 e. The predicted molar refractivity (Wildman–Crippen MR) is 55.1 cm³/mol. The third-order valence-electron chi connectivity index (χ3n) is 1.38. The maximum atomic E-state index is 5.28. The average molecular weight is 191 g/mol. The van der Waals surface area contributed by atoms with Gasteiger partial charge in [0.2, 0.25) is 0 Å². The zero-order chi connectivity index (χ0) is 10.2. The molecule has 0 aliphatic carbocycles. The first-order valence-corrected chi connectivity index (χ1v) is 4.39. The van der Waals surface area contributed by atoms with E-state index in [9.17, 15) is 0 Å². The fourth-order valence-corrected chi connectivity index (χ4v) is 0.828. The van der Waals surface area contributed by atoms with Gasteiger partial charge in [-0.2, -0.15) is 0 Å². The molecule has 0 atom stereocenters. The Morgan fingerprint density at radius 2 is 1.86 bits per heavy atom. The number of ether oxygens (including phenoxy) is 2. The highest BCUT2D eigenvalue weighted by Gasteiger charge is 2.02. The molecule has 0 aromatic carbocycles. The van der Waals surface area contributed by atoms with E-state index in [4.69, 9.17) is 9.47 Å². The standard InChI is InChI=1S/C11H13NO2/c1-3-8-13-10-6-5-7-12-11(10)14-9-4-2/h3-9H,1-2H3/b8-3-,9-4-. The van der Waals surface area contributed by atoms with Crippen LogP contribution in [0.1, 0.15) is 13.8 Å². The summed E-state index contributed by atoms with van der Waals surface area (Å²) < 4.78 is 10.5. The number of hydrogen-bond acceptors (Lipinski definition) is 3. The molecule has 1 aromatic heterocycles. The van der Waals surface area contributed by atoms with Gasteiger partial charge in [-0.25, -0.2) is 4.98 Å². The van der Waals surface area contributed by atoms with Crippen LogP contribution in [0.25, 0.3) is 0 Å².